The Bertz CT molecular complexity index is 9330. The van der Waals surface area contributed by atoms with Gasteiger partial charge in [0.1, 0.15) is 22.8 Å². The highest BCUT2D eigenvalue weighted by Gasteiger charge is 2.27. The molecule has 0 N–H and O–H groups in total. The summed E-state index contributed by atoms with van der Waals surface area (Å²) in [5.74, 6) is 3.78. The van der Waals surface area contributed by atoms with Crippen molar-refractivity contribution in [1.82, 2.24) is 77.2 Å². The summed E-state index contributed by atoms with van der Waals surface area (Å²) >= 11 is 0. The van der Waals surface area contributed by atoms with Gasteiger partial charge in [0.25, 0.3) is 0 Å². The van der Waals surface area contributed by atoms with Crippen LogP contribution < -0.4 is 0 Å². The van der Waals surface area contributed by atoms with Gasteiger partial charge in [-0.2, -0.15) is 9.97 Å². The normalized spacial score (nSPS) is 11.6. The second-order valence-corrected chi connectivity index (χ2v) is 37.4. The van der Waals surface area contributed by atoms with E-state index >= 15 is 0 Å². The molecule has 12 aromatic heterocycles. The van der Waals surface area contributed by atoms with Gasteiger partial charge in [-0.15, -0.1) is 0 Å². The summed E-state index contributed by atoms with van der Waals surface area (Å²) in [6, 6.07) is 176. The van der Waals surface area contributed by atoms with Crippen LogP contribution in [-0.4, -0.2) is 77.2 Å². The first-order valence-electron chi connectivity index (χ1n) is 50.2. The van der Waals surface area contributed by atoms with Gasteiger partial charge in [-0.05, 0) is 185 Å². The molecule has 0 amide bonds. The van der Waals surface area contributed by atoms with E-state index in [4.69, 9.17) is 49.8 Å². The van der Waals surface area contributed by atoms with E-state index in [0.29, 0.717) is 29.4 Å². The van der Waals surface area contributed by atoms with Gasteiger partial charge in [0, 0.05) is 140 Å². The maximum atomic E-state index is 5.15. The lowest BCUT2D eigenvalue weighted by molar-refractivity contribution is 0.944. The van der Waals surface area contributed by atoms with Crippen LogP contribution in [0.5, 0.6) is 0 Å². The lowest BCUT2D eigenvalue weighted by Crippen LogP contribution is -2.06. The Kier molecular flexibility index (Phi) is 21.5. The van der Waals surface area contributed by atoms with Crippen molar-refractivity contribution < 1.29 is 0 Å². The molecule has 16 nitrogen and oxygen atoms in total. The van der Waals surface area contributed by atoms with Gasteiger partial charge in [-0.25, -0.2) is 39.9 Å². The van der Waals surface area contributed by atoms with Crippen molar-refractivity contribution in [3.05, 3.63) is 522 Å². The van der Waals surface area contributed by atoms with Crippen molar-refractivity contribution in [3.8, 4) is 136 Å². The minimum Gasteiger partial charge on any atom is -0.309 e. The molecule has 0 saturated carbocycles. The van der Waals surface area contributed by atoms with Crippen LogP contribution in [0.3, 0.4) is 0 Å². The number of rotatable bonds is 15. The third-order valence-electron chi connectivity index (χ3n) is 28.6. The van der Waals surface area contributed by atoms with Crippen LogP contribution in [0.2, 0.25) is 0 Å². The zero-order valence-corrected chi connectivity index (χ0v) is 80.8. The average molecular weight is 1920 g/mol. The van der Waals surface area contributed by atoms with Crippen LogP contribution in [-0.2, 0) is 0 Å². The number of hydrogen-bond donors (Lipinski definition) is 0. The molecule has 150 heavy (non-hydrogen) atoms. The number of fused-ring (bicyclic) bond motifs is 18. The molecule has 0 atom stereocenters. The molecule has 0 aliphatic carbocycles. The Morgan fingerprint density at radius 3 is 0.733 bits per heavy atom. The third-order valence-corrected chi connectivity index (χ3v) is 28.6. The van der Waals surface area contributed by atoms with Crippen molar-refractivity contribution in [1.29, 1.82) is 0 Å². The van der Waals surface area contributed by atoms with Gasteiger partial charge >= 0.3 is 0 Å². The average Bonchev–Trinajstić information content (AvgIpc) is 1.58. The summed E-state index contributed by atoms with van der Waals surface area (Å²) in [7, 11) is 0. The van der Waals surface area contributed by atoms with E-state index in [1.165, 1.54) is 65.4 Å². The Morgan fingerprint density at radius 1 is 0.133 bits per heavy atom. The number of benzene rings is 18. The molecule has 0 bridgehead atoms. The van der Waals surface area contributed by atoms with Crippen molar-refractivity contribution in [3.63, 3.8) is 0 Å². The molecule has 0 spiro atoms. The van der Waals surface area contributed by atoms with E-state index in [-0.39, 0.29) is 0 Å². The number of hydrogen-bond acceptors (Lipinski definition) is 10. The molecule has 30 rings (SSSR count). The summed E-state index contributed by atoms with van der Waals surface area (Å²) in [6.07, 6.45) is 5.52. The van der Waals surface area contributed by atoms with Crippen molar-refractivity contribution in [2.45, 2.75) is 0 Å². The van der Waals surface area contributed by atoms with Gasteiger partial charge in [-0.3, -0.25) is 13.7 Å². The molecule has 702 valence electrons. The maximum Gasteiger partial charge on any atom is 0.240 e. The molecule has 0 aliphatic heterocycles. The fraction of sp³-hybridized carbons (Fsp3) is 0. The summed E-state index contributed by atoms with van der Waals surface area (Å²) in [4.78, 5) is 50.2. The second kappa shape index (κ2) is 37.0. The Balaban J connectivity index is 0.000000108. The second-order valence-electron chi connectivity index (χ2n) is 37.4. The Morgan fingerprint density at radius 2 is 0.387 bits per heavy atom. The largest absolute Gasteiger partial charge is 0.309 e. The van der Waals surface area contributed by atoms with Crippen LogP contribution in [0, 0.1) is 0 Å². The Hall–Kier alpha value is -20.6. The zero-order valence-electron chi connectivity index (χ0n) is 80.8. The summed E-state index contributed by atoms with van der Waals surface area (Å²) < 4.78 is 13.4. The quantitative estimate of drug-likeness (QED) is 0.0967. The van der Waals surface area contributed by atoms with Gasteiger partial charge in [0.15, 0.2) is 17.5 Å². The van der Waals surface area contributed by atoms with Crippen LogP contribution in [0.1, 0.15) is 0 Å². The molecule has 0 saturated heterocycles. The summed E-state index contributed by atoms with van der Waals surface area (Å²) in [5, 5.41) is 13.9. The number of pyridine rings is 3. The van der Waals surface area contributed by atoms with E-state index in [2.05, 4.69) is 379 Å². The minimum absolute atomic E-state index is 0.526. The van der Waals surface area contributed by atoms with E-state index in [0.717, 1.165) is 173 Å². The first kappa shape index (κ1) is 87.2. The number of nitrogens with zero attached hydrogens (tertiary/aromatic N) is 16. The van der Waals surface area contributed by atoms with Crippen LogP contribution in [0.25, 0.3) is 267 Å². The summed E-state index contributed by atoms with van der Waals surface area (Å²) in [5.41, 5.74) is 31.4. The topological polar surface area (TPSA) is 158 Å². The maximum absolute atomic E-state index is 5.15. The van der Waals surface area contributed by atoms with E-state index in [1.807, 2.05) is 170 Å². The van der Waals surface area contributed by atoms with Gasteiger partial charge in [0.05, 0.1) is 66.7 Å². The molecule has 0 fully saturated rings. The standard InChI is InChI=1S/2C45H29N5.C44H28N6/c1-4-13-30(14-5-1)39-29-40(31-15-6-2-7-16-31)48-45(47-39)50-42-25-23-32(27-38(42)37-20-12-26-46-44(37)50)33-22-24-36-35-19-10-11-21-41(35)49(43(36)28-33)34-17-8-3-9-18-34;1-4-13-30(14-5-1)39-29-43(48-44(47-39)31-15-6-2-7-16-31)50-41-25-23-32(27-38(41)37-20-12-26-46-45(37)50)33-22-24-36-35-19-10-11-21-40(35)49(42(36)28-33)34-17-8-3-9-18-34;1-4-13-29(14-5-1)41-46-42(30-15-6-2-7-16-30)48-44(47-41)50-39-25-23-31(27-37(39)36-20-12-26-45-43(36)50)32-22-24-35-34-19-10-11-21-38(34)49(40(35)28-32)33-17-8-3-9-18-33/h2*1-29H;1-28H. The molecule has 0 unspecified atom stereocenters. The first-order chi connectivity index (χ1) is 74.4. The SMILES string of the molecule is c1ccc(-c2cc(-c3ccccc3)nc(-n3c4ccc(-c5ccc6c7ccccc7n(-c7ccccc7)c6c5)cc4c4cccnc43)n2)cc1.c1ccc(-c2cc(-n3c4ccc(-c5ccc6c7ccccc7n(-c7ccccc7)c6c5)cc4c4cccnc43)nc(-c3ccccc3)n2)cc1.c1ccc(-c2nc(-c3ccccc3)nc(-n3c4ccc(-c5ccc6c7ccccc7n(-c7ccccc7)c6c5)cc4c4cccnc43)n2)cc1. The fourth-order valence-electron chi connectivity index (χ4n) is 21.7. The highest BCUT2D eigenvalue weighted by molar-refractivity contribution is 6.16. The minimum atomic E-state index is 0.526. The first-order valence-corrected chi connectivity index (χ1v) is 50.2. The predicted molar refractivity (Wildman–Crippen MR) is 612 cm³/mol. The molecule has 18 aromatic carbocycles. The fourth-order valence-corrected chi connectivity index (χ4v) is 21.7. The van der Waals surface area contributed by atoms with E-state index in [9.17, 15) is 0 Å². The van der Waals surface area contributed by atoms with Crippen molar-refractivity contribution in [2.75, 3.05) is 0 Å². The summed E-state index contributed by atoms with van der Waals surface area (Å²) in [6.45, 7) is 0. The number of para-hydroxylation sites is 6. The number of aromatic nitrogens is 16. The van der Waals surface area contributed by atoms with E-state index < -0.39 is 0 Å². The monoisotopic (exact) mass is 1920 g/mol. The molecule has 30 aromatic rings. The molecule has 12 heterocycles. The lowest BCUT2D eigenvalue weighted by atomic mass is 10.0. The van der Waals surface area contributed by atoms with Gasteiger partial charge in [-0.1, -0.05) is 346 Å². The van der Waals surface area contributed by atoms with Crippen molar-refractivity contribution in [2.24, 2.45) is 0 Å². The molecule has 16 heteroatoms. The molecule has 0 aliphatic rings. The smallest absolute Gasteiger partial charge is 0.240 e. The lowest BCUT2D eigenvalue weighted by Gasteiger charge is -2.12. The van der Waals surface area contributed by atoms with Gasteiger partial charge < -0.3 is 13.7 Å². The molecular formula is C134H86N16. The highest BCUT2D eigenvalue weighted by Crippen LogP contribution is 2.45. The zero-order chi connectivity index (χ0) is 99.1. The van der Waals surface area contributed by atoms with Crippen LogP contribution in [0.4, 0.5) is 0 Å². The van der Waals surface area contributed by atoms with Crippen molar-refractivity contribution >= 4 is 131 Å². The predicted octanol–water partition coefficient (Wildman–Crippen LogP) is 32.6. The van der Waals surface area contributed by atoms with Crippen LogP contribution in [0.15, 0.2) is 522 Å². The molecule has 0 radical (unpaired) electrons. The van der Waals surface area contributed by atoms with Crippen LogP contribution >= 0.6 is 0 Å². The van der Waals surface area contributed by atoms with E-state index in [1.54, 1.807) is 0 Å². The third kappa shape index (κ3) is 15.4. The van der Waals surface area contributed by atoms with Gasteiger partial charge in [0.2, 0.25) is 11.9 Å². The highest BCUT2D eigenvalue weighted by atomic mass is 15.2. The molecular weight excluding hydrogens is 1830 g/mol. The Labute approximate surface area is 860 Å².